The van der Waals surface area contributed by atoms with E-state index in [4.69, 9.17) is 16.7 Å². The number of carboxylic acids is 1. The van der Waals surface area contributed by atoms with E-state index >= 15 is 0 Å². The lowest BCUT2D eigenvalue weighted by Crippen LogP contribution is -2.03. The fraction of sp³-hybridized carbons (Fsp3) is 0.0714. The summed E-state index contributed by atoms with van der Waals surface area (Å²) in [6, 6.07) is 10.9. The van der Waals surface area contributed by atoms with Crippen LogP contribution >= 0.6 is 11.6 Å². The largest absolute Gasteiger partial charge is 0.478 e. The Morgan fingerprint density at radius 1 is 1.21 bits per heavy atom. The molecule has 0 aromatic heterocycles. The zero-order valence-electron chi connectivity index (χ0n) is 9.86. The first-order valence-corrected chi connectivity index (χ1v) is 5.95. The standard InChI is InChI=1S/C14H11ClFNO2/c15-11-4-1-9(2-5-11)8-17-13-6-3-10(14(18)19)7-12(13)16/h1-7,17H,8H2,(H,18,19). The van der Waals surface area contributed by atoms with Crippen LogP contribution in [-0.4, -0.2) is 11.1 Å². The third-order valence-electron chi connectivity index (χ3n) is 2.61. The summed E-state index contributed by atoms with van der Waals surface area (Å²) in [6.45, 7) is 0.431. The number of aromatic carboxylic acids is 1. The highest BCUT2D eigenvalue weighted by atomic mass is 35.5. The summed E-state index contributed by atoms with van der Waals surface area (Å²) >= 11 is 5.77. The maximum Gasteiger partial charge on any atom is 0.335 e. The monoisotopic (exact) mass is 279 g/mol. The number of hydrogen-bond donors (Lipinski definition) is 2. The van der Waals surface area contributed by atoms with Gasteiger partial charge in [-0.25, -0.2) is 9.18 Å². The number of hydrogen-bond acceptors (Lipinski definition) is 2. The van der Waals surface area contributed by atoms with Crippen LogP contribution in [-0.2, 0) is 6.54 Å². The van der Waals surface area contributed by atoms with Crippen LogP contribution in [0.3, 0.4) is 0 Å². The molecule has 5 heteroatoms. The molecule has 0 heterocycles. The summed E-state index contributed by atoms with van der Waals surface area (Å²) in [5.41, 5.74) is 1.14. The van der Waals surface area contributed by atoms with Crippen molar-refractivity contribution in [3.63, 3.8) is 0 Å². The van der Waals surface area contributed by atoms with Crippen molar-refractivity contribution >= 4 is 23.3 Å². The van der Waals surface area contributed by atoms with Crippen molar-refractivity contribution in [2.75, 3.05) is 5.32 Å². The van der Waals surface area contributed by atoms with Crippen LogP contribution in [0.2, 0.25) is 5.02 Å². The Morgan fingerprint density at radius 2 is 1.89 bits per heavy atom. The summed E-state index contributed by atoms with van der Waals surface area (Å²) in [5, 5.41) is 12.3. The van der Waals surface area contributed by atoms with Gasteiger partial charge in [-0.15, -0.1) is 0 Å². The highest BCUT2D eigenvalue weighted by Gasteiger charge is 2.07. The lowest BCUT2D eigenvalue weighted by molar-refractivity contribution is 0.0696. The van der Waals surface area contributed by atoms with Gasteiger partial charge in [0.2, 0.25) is 0 Å². The average Bonchev–Trinajstić information content (AvgIpc) is 2.39. The first-order valence-electron chi connectivity index (χ1n) is 5.57. The Labute approximate surface area is 114 Å². The number of halogens is 2. The molecule has 0 atom stereocenters. The van der Waals surface area contributed by atoms with Crippen LogP contribution in [0.5, 0.6) is 0 Å². The van der Waals surface area contributed by atoms with E-state index in [-0.39, 0.29) is 11.3 Å². The summed E-state index contributed by atoms with van der Waals surface area (Å²) in [6.07, 6.45) is 0. The van der Waals surface area contributed by atoms with E-state index < -0.39 is 11.8 Å². The van der Waals surface area contributed by atoms with Gasteiger partial charge < -0.3 is 10.4 Å². The Hall–Kier alpha value is -2.07. The molecule has 19 heavy (non-hydrogen) atoms. The maximum absolute atomic E-state index is 13.6. The summed E-state index contributed by atoms with van der Waals surface area (Å²) in [7, 11) is 0. The molecule has 0 saturated carbocycles. The fourth-order valence-corrected chi connectivity index (χ4v) is 1.72. The Bertz CT molecular complexity index is 599. The molecule has 0 unspecified atom stereocenters. The van der Waals surface area contributed by atoms with Crippen LogP contribution in [0.1, 0.15) is 15.9 Å². The van der Waals surface area contributed by atoms with Gasteiger partial charge in [-0.1, -0.05) is 23.7 Å². The SMILES string of the molecule is O=C(O)c1ccc(NCc2ccc(Cl)cc2)c(F)c1. The molecule has 2 aromatic rings. The molecule has 0 aliphatic rings. The van der Waals surface area contributed by atoms with E-state index in [0.717, 1.165) is 11.6 Å². The van der Waals surface area contributed by atoms with Crippen LogP contribution in [0.4, 0.5) is 10.1 Å². The molecule has 0 saturated heterocycles. The number of carboxylic acid groups (broad SMARTS) is 1. The van der Waals surface area contributed by atoms with E-state index in [1.54, 1.807) is 12.1 Å². The minimum Gasteiger partial charge on any atom is -0.478 e. The predicted molar refractivity (Wildman–Crippen MR) is 72.1 cm³/mol. The van der Waals surface area contributed by atoms with Crippen LogP contribution < -0.4 is 5.32 Å². The lowest BCUT2D eigenvalue weighted by atomic mass is 10.2. The topological polar surface area (TPSA) is 49.3 Å². The first-order chi connectivity index (χ1) is 9.06. The van der Waals surface area contributed by atoms with E-state index in [2.05, 4.69) is 5.32 Å². The smallest absolute Gasteiger partial charge is 0.335 e. The number of rotatable bonds is 4. The number of anilines is 1. The lowest BCUT2D eigenvalue weighted by Gasteiger charge is -2.08. The van der Waals surface area contributed by atoms with E-state index in [0.29, 0.717) is 11.6 Å². The normalized spacial score (nSPS) is 10.2. The molecule has 0 fully saturated rings. The molecule has 0 aliphatic heterocycles. The van der Waals surface area contributed by atoms with E-state index in [1.165, 1.54) is 12.1 Å². The molecule has 98 valence electrons. The van der Waals surface area contributed by atoms with Gasteiger partial charge in [-0.3, -0.25) is 0 Å². The molecule has 0 amide bonds. The van der Waals surface area contributed by atoms with Crippen LogP contribution in [0, 0.1) is 5.82 Å². The molecule has 2 N–H and O–H groups in total. The predicted octanol–water partition coefficient (Wildman–Crippen LogP) is 3.79. The van der Waals surface area contributed by atoms with Crippen molar-refractivity contribution in [2.24, 2.45) is 0 Å². The number of nitrogens with one attached hydrogen (secondary N) is 1. The second-order valence-corrected chi connectivity index (χ2v) is 4.42. The van der Waals surface area contributed by atoms with Gasteiger partial charge in [-0.2, -0.15) is 0 Å². The van der Waals surface area contributed by atoms with Crippen molar-refractivity contribution in [3.8, 4) is 0 Å². The Morgan fingerprint density at radius 3 is 2.47 bits per heavy atom. The van der Waals surface area contributed by atoms with Crippen molar-refractivity contribution in [1.82, 2.24) is 0 Å². The van der Waals surface area contributed by atoms with E-state index in [1.807, 2.05) is 12.1 Å². The highest BCUT2D eigenvalue weighted by Crippen LogP contribution is 2.17. The molecular formula is C14H11ClFNO2. The summed E-state index contributed by atoms with van der Waals surface area (Å²) in [4.78, 5) is 10.7. The average molecular weight is 280 g/mol. The Kier molecular flexibility index (Phi) is 4.02. The van der Waals surface area contributed by atoms with Crippen molar-refractivity contribution in [3.05, 3.63) is 64.4 Å². The van der Waals surface area contributed by atoms with Crippen molar-refractivity contribution < 1.29 is 14.3 Å². The molecule has 3 nitrogen and oxygen atoms in total. The zero-order valence-corrected chi connectivity index (χ0v) is 10.6. The second kappa shape index (κ2) is 5.71. The van der Waals surface area contributed by atoms with Gasteiger partial charge in [0.15, 0.2) is 0 Å². The molecule has 0 spiro atoms. The minimum atomic E-state index is -1.15. The van der Waals surface area contributed by atoms with Gasteiger partial charge in [0.05, 0.1) is 11.3 Å². The zero-order chi connectivity index (χ0) is 13.8. The molecule has 0 radical (unpaired) electrons. The molecule has 2 aromatic carbocycles. The highest BCUT2D eigenvalue weighted by molar-refractivity contribution is 6.30. The van der Waals surface area contributed by atoms with Crippen LogP contribution in [0.15, 0.2) is 42.5 Å². The minimum absolute atomic E-state index is 0.0745. The third kappa shape index (κ3) is 3.45. The quantitative estimate of drug-likeness (QED) is 0.895. The number of carbonyl (C=O) groups is 1. The van der Waals surface area contributed by atoms with Gasteiger partial charge in [0, 0.05) is 11.6 Å². The van der Waals surface area contributed by atoms with Crippen molar-refractivity contribution in [1.29, 1.82) is 0 Å². The third-order valence-corrected chi connectivity index (χ3v) is 2.86. The summed E-state index contributed by atoms with van der Waals surface area (Å²) < 4.78 is 13.6. The molecule has 2 rings (SSSR count). The number of benzene rings is 2. The maximum atomic E-state index is 13.6. The summed E-state index contributed by atoms with van der Waals surface area (Å²) in [5.74, 6) is -1.74. The van der Waals surface area contributed by atoms with E-state index in [9.17, 15) is 9.18 Å². The van der Waals surface area contributed by atoms with Gasteiger partial charge >= 0.3 is 5.97 Å². The van der Waals surface area contributed by atoms with Crippen LogP contribution in [0.25, 0.3) is 0 Å². The Balaban J connectivity index is 2.07. The first kappa shape index (κ1) is 13.4. The molecular weight excluding hydrogens is 269 g/mol. The fourth-order valence-electron chi connectivity index (χ4n) is 1.59. The van der Waals surface area contributed by atoms with Gasteiger partial charge in [-0.05, 0) is 35.9 Å². The molecule has 0 aliphatic carbocycles. The molecule has 0 bridgehead atoms. The van der Waals surface area contributed by atoms with Crippen molar-refractivity contribution in [2.45, 2.75) is 6.54 Å². The van der Waals surface area contributed by atoms with Gasteiger partial charge in [0.1, 0.15) is 5.82 Å². The van der Waals surface area contributed by atoms with Gasteiger partial charge in [0.25, 0.3) is 0 Å². The second-order valence-electron chi connectivity index (χ2n) is 3.98.